The van der Waals surface area contributed by atoms with Gasteiger partial charge in [0.2, 0.25) is 0 Å². The lowest BCUT2D eigenvalue weighted by molar-refractivity contribution is 0.628. The molecule has 0 unspecified atom stereocenters. The van der Waals surface area contributed by atoms with E-state index in [1.807, 2.05) is 18.7 Å². The van der Waals surface area contributed by atoms with E-state index < -0.39 is 0 Å². The molecule has 0 amide bonds. The van der Waals surface area contributed by atoms with Crippen molar-refractivity contribution in [1.29, 1.82) is 0 Å². The van der Waals surface area contributed by atoms with Gasteiger partial charge in [-0.2, -0.15) is 11.8 Å². The Morgan fingerprint density at radius 1 is 1.40 bits per heavy atom. The molecule has 0 aliphatic carbocycles. The van der Waals surface area contributed by atoms with Gasteiger partial charge in [0, 0.05) is 22.3 Å². The molecule has 0 bridgehead atoms. The maximum absolute atomic E-state index is 13.3. The third-order valence-electron chi connectivity index (χ3n) is 3.01. The maximum Gasteiger partial charge on any atom is 0.124 e. The summed E-state index contributed by atoms with van der Waals surface area (Å²) in [5.41, 5.74) is 4.73. The molecule has 0 saturated heterocycles. The van der Waals surface area contributed by atoms with Crippen LogP contribution in [0.25, 0.3) is 10.9 Å². The Hall–Kier alpha value is -0.960. The molecule has 1 aliphatic rings. The molecule has 1 aromatic heterocycles. The zero-order valence-corrected chi connectivity index (χ0v) is 9.38. The van der Waals surface area contributed by atoms with Crippen LogP contribution in [0.3, 0.4) is 0 Å². The maximum atomic E-state index is 13.3. The molecule has 1 aromatic carbocycles. The first-order valence-corrected chi connectivity index (χ1v) is 6.28. The molecule has 0 atom stereocenters. The lowest BCUT2D eigenvalue weighted by atomic mass is 10.1. The van der Waals surface area contributed by atoms with Crippen molar-refractivity contribution >= 4 is 22.7 Å². The highest BCUT2D eigenvalue weighted by Gasteiger charge is 2.16. The van der Waals surface area contributed by atoms with E-state index in [4.69, 9.17) is 0 Å². The molecule has 78 valence electrons. The van der Waals surface area contributed by atoms with Gasteiger partial charge in [-0.15, -0.1) is 0 Å². The Balaban J connectivity index is 2.37. The smallest absolute Gasteiger partial charge is 0.124 e. The summed E-state index contributed by atoms with van der Waals surface area (Å²) in [4.78, 5) is 3.43. The fourth-order valence-electron chi connectivity index (χ4n) is 2.26. The fourth-order valence-corrected chi connectivity index (χ4v) is 3.29. The highest BCUT2D eigenvalue weighted by molar-refractivity contribution is 7.98. The van der Waals surface area contributed by atoms with Gasteiger partial charge in [-0.25, -0.2) is 4.39 Å². The van der Waals surface area contributed by atoms with Crippen LogP contribution in [0.2, 0.25) is 0 Å². The number of H-pyrrole nitrogens is 1. The van der Waals surface area contributed by atoms with Crippen LogP contribution in [-0.2, 0) is 12.2 Å². The van der Waals surface area contributed by atoms with Crippen molar-refractivity contribution in [2.24, 2.45) is 0 Å². The standard InChI is InChI=1S/C12H12FNS/c1-7-4-8(13)5-9-10-6-15-3-2-11(10)14-12(7)9/h4-5,14H,2-3,6H2,1H3. The van der Waals surface area contributed by atoms with E-state index in [-0.39, 0.29) is 5.82 Å². The van der Waals surface area contributed by atoms with Crippen LogP contribution < -0.4 is 0 Å². The number of aromatic amines is 1. The Morgan fingerprint density at radius 3 is 3.13 bits per heavy atom. The Bertz CT molecular complexity index is 530. The van der Waals surface area contributed by atoms with E-state index in [1.165, 1.54) is 17.0 Å². The van der Waals surface area contributed by atoms with Crippen molar-refractivity contribution < 1.29 is 4.39 Å². The molecule has 2 heterocycles. The minimum absolute atomic E-state index is 0.127. The third-order valence-corrected chi connectivity index (χ3v) is 3.99. The zero-order chi connectivity index (χ0) is 10.4. The minimum Gasteiger partial charge on any atom is -0.358 e. The van der Waals surface area contributed by atoms with E-state index in [0.717, 1.165) is 28.6 Å². The van der Waals surface area contributed by atoms with Gasteiger partial charge < -0.3 is 4.98 Å². The molecule has 1 nitrogen and oxygen atoms in total. The second-order valence-corrected chi connectivity index (χ2v) is 5.14. The predicted octanol–water partition coefficient (Wildman–Crippen LogP) is 3.40. The molecule has 3 heteroatoms. The number of fused-ring (bicyclic) bond motifs is 3. The molecule has 3 rings (SSSR count). The third kappa shape index (κ3) is 1.37. The Labute approximate surface area is 92.1 Å². The van der Waals surface area contributed by atoms with Gasteiger partial charge in [0.1, 0.15) is 5.82 Å². The minimum atomic E-state index is -0.127. The Morgan fingerprint density at radius 2 is 2.27 bits per heavy atom. The summed E-state index contributed by atoms with van der Waals surface area (Å²) >= 11 is 1.93. The largest absolute Gasteiger partial charge is 0.358 e. The van der Waals surface area contributed by atoms with Gasteiger partial charge in [-0.05, 0) is 42.4 Å². The molecular weight excluding hydrogens is 209 g/mol. The van der Waals surface area contributed by atoms with Crippen molar-refractivity contribution in [2.45, 2.75) is 19.1 Å². The van der Waals surface area contributed by atoms with E-state index >= 15 is 0 Å². The number of benzene rings is 1. The number of hydrogen-bond donors (Lipinski definition) is 1. The van der Waals surface area contributed by atoms with Gasteiger partial charge in [-0.3, -0.25) is 0 Å². The molecule has 1 aliphatic heterocycles. The van der Waals surface area contributed by atoms with E-state index in [9.17, 15) is 4.39 Å². The fraction of sp³-hybridized carbons (Fsp3) is 0.333. The summed E-state index contributed by atoms with van der Waals surface area (Å²) < 4.78 is 13.3. The van der Waals surface area contributed by atoms with Crippen molar-refractivity contribution in [3.63, 3.8) is 0 Å². The first kappa shape index (κ1) is 9.28. The monoisotopic (exact) mass is 221 g/mol. The second kappa shape index (κ2) is 3.27. The number of aromatic nitrogens is 1. The second-order valence-electron chi connectivity index (χ2n) is 4.03. The lowest BCUT2D eigenvalue weighted by Gasteiger charge is -2.10. The van der Waals surface area contributed by atoms with E-state index in [1.54, 1.807) is 12.1 Å². The number of halogens is 1. The summed E-state index contributed by atoms with van der Waals surface area (Å²) in [6.45, 7) is 1.96. The SMILES string of the molecule is Cc1cc(F)cc2c3c([nH]c12)CCSC3. The van der Waals surface area contributed by atoms with Crippen molar-refractivity contribution in [3.05, 3.63) is 34.8 Å². The zero-order valence-electron chi connectivity index (χ0n) is 8.56. The van der Waals surface area contributed by atoms with Crippen LogP contribution in [0.1, 0.15) is 16.8 Å². The quantitative estimate of drug-likeness (QED) is 0.721. The average molecular weight is 221 g/mol. The van der Waals surface area contributed by atoms with Crippen LogP contribution in [0.15, 0.2) is 12.1 Å². The first-order chi connectivity index (χ1) is 7.25. The summed E-state index contributed by atoms with van der Waals surface area (Å²) in [6.07, 6.45) is 1.08. The molecule has 0 spiro atoms. The van der Waals surface area contributed by atoms with Crippen LogP contribution >= 0.6 is 11.8 Å². The van der Waals surface area contributed by atoms with Crippen LogP contribution in [0, 0.1) is 12.7 Å². The number of thioether (sulfide) groups is 1. The molecular formula is C12H12FNS. The number of aryl methyl sites for hydroxylation is 2. The number of nitrogens with one attached hydrogen (secondary N) is 1. The van der Waals surface area contributed by atoms with Gasteiger partial charge in [0.25, 0.3) is 0 Å². The Kier molecular flexibility index (Phi) is 2.02. The van der Waals surface area contributed by atoms with Crippen molar-refractivity contribution in [3.8, 4) is 0 Å². The molecule has 0 saturated carbocycles. The molecule has 1 N–H and O–H groups in total. The van der Waals surface area contributed by atoms with Gasteiger partial charge in [-0.1, -0.05) is 0 Å². The van der Waals surface area contributed by atoms with Crippen molar-refractivity contribution in [1.82, 2.24) is 4.98 Å². The molecule has 0 radical (unpaired) electrons. The van der Waals surface area contributed by atoms with E-state index in [2.05, 4.69) is 4.98 Å². The number of hydrogen-bond acceptors (Lipinski definition) is 1. The summed E-state index contributed by atoms with van der Waals surface area (Å²) in [7, 11) is 0. The highest BCUT2D eigenvalue weighted by atomic mass is 32.2. The first-order valence-electron chi connectivity index (χ1n) is 5.13. The number of rotatable bonds is 0. The molecule has 2 aromatic rings. The van der Waals surface area contributed by atoms with Crippen molar-refractivity contribution in [2.75, 3.05) is 5.75 Å². The summed E-state index contributed by atoms with van der Waals surface area (Å²) in [5, 5.41) is 1.08. The van der Waals surface area contributed by atoms with Gasteiger partial charge >= 0.3 is 0 Å². The van der Waals surface area contributed by atoms with Crippen LogP contribution in [0.4, 0.5) is 4.39 Å². The summed E-state index contributed by atoms with van der Waals surface area (Å²) in [5.74, 6) is 2.05. The van der Waals surface area contributed by atoms with E-state index in [0.29, 0.717) is 0 Å². The topological polar surface area (TPSA) is 15.8 Å². The van der Waals surface area contributed by atoms with Crippen LogP contribution in [-0.4, -0.2) is 10.7 Å². The molecule has 15 heavy (non-hydrogen) atoms. The average Bonchev–Trinajstić information content (AvgIpc) is 2.57. The van der Waals surface area contributed by atoms with Crippen LogP contribution in [0.5, 0.6) is 0 Å². The lowest BCUT2D eigenvalue weighted by Crippen LogP contribution is -1.99. The molecule has 0 fully saturated rings. The normalized spacial score (nSPS) is 15.6. The summed E-state index contributed by atoms with van der Waals surface area (Å²) in [6, 6.07) is 3.25. The predicted molar refractivity (Wildman–Crippen MR) is 62.9 cm³/mol. The van der Waals surface area contributed by atoms with Gasteiger partial charge in [0.05, 0.1) is 0 Å². The van der Waals surface area contributed by atoms with Gasteiger partial charge in [0.15, 0.2) is 0 Å². The highest BCUT2D eigenvalue weighted by Crippen LogP contribution is 2.32.